The first-order valence-corrected chi connectivity index (χ1v) is 10.5. The molecule has 0 fully saturated rings. The highest BCUT2D eigenvalue weighted by Gasteiger charge is 2.29. The van der Waals surface area contributed by atoms with Crippen molar-refractivity contribution in [3.63, 3.8) is 0 Å². The van der Waals surface area contributed by atoms with Gasteiger partial charge >= 0.3 is 0 Å². The molecule has 0 aliphatic carbocycles. The zero-order chi connectivity index (χ0) is 24.6. The minimum atomic E-state index is -2.84. The lowest BCUT2D eigenvalue weighted by molar-refractivity contribution is 0.0143. The fourth-order valence-corrected chi connectivity index (χ4v) is 3.69. The molecule has 34 heavy (non-hydrogen) atoms. The molecule has 0 amide bonds. The maximum absolute atomic E-state index is 14.5. The Morgan fingerprint density at radius 3 is 2.47 bits per heavy atom. The van der Waals surface area contributed by atoms with Crippen molar-refractivity contribution in [1.82, 2.24) is 19.6 Å². The summed E-state index contributed by atoms with van der Waals surface area (Å²) in [5.41, 5.74) is -0.488. The first-order chi connectivity index (χ1) is 16.0. The second kappa shape index (κ2) is 9.11. The zero-order valence-electron chi connectivity index (χ0n) is 18.3. The monoisotopic (exact) mass is 481 g/mol. The molecule has 180 valence electrons. The number of fused-ring (bicyclic) bond motifs is 3. The second-order valence-corrected chi connectivity index (χ2v) is 8.71. The average molecular weight is 481 g/mol. The Morgan fingerprint density at radius 2 is 1.76 bits per heavy atom. The van der Waals surface area contributed by atoms with Gasteiger partial charge in [-0.3, -0.25) is 4.40 Å². The molecule has 0 aliphatic rings. The van der Waals surface area contributed by atoms with Crippen LogP contribution in [0.25, 0.3) is 16.7 Å². The van der Waals surface area contributed by atoms with Gasteiger partial charge < -0.3 is 4.90 Å². The van der Waals surface area contributed by atoms with Crippen molar-refractivity contribution >= 4 is 28.2 Å². The first-order valence-electron chi connectivity index (χ1n) is 10.5. The number of hydrogen-bond acceptors (Lipinski definition) is 4. The Balaban J connectivity index is 1.84. The summed E-state index contributed by atoms with van der Waals surface area (Å²) in [5.74, 6) is -1.31. The van der Waals surface area contributed by atoms with Crippen LogP contribution >= 0.6 is 0 Å². The summed E-state index contributed by atoms with van der Waals surface area (Å²) in [6, 6.07) is 7.46. The number of anilines is 2. The number of alkyl halides is 4. The van der Waals surface area contributed by atoms with E-state index in [4.69, 9.17) is 0 Å². The summed E-state index contributed by atoms with van der Waals surface area (Å²) < 4.78 is 83.8. The number of hydrogen-bond donors (Lipinski definition) is 0. The summed E-state index contributed by atoms with van der Waals surface area (Å²) in [7, 11) is 0. The molecule has 4 aromatic rings. The van der Waals surface area contributed by atoms with Gasteiger partial charge in [0.25, 0.3) is 12.2 Å². The van der Waals surface area contributed by atoms with E-state index in [1.165, 1.54) is 48.8 Å². The van der Waals surface area contributed by atoms with Crippen LogP contribution in [0.5, 0.6) is 0 Å². The normalized spacial score (nSPS) is 12.4. The van der Waals surface area contributed by atoms with Crippen LogP contribution in [0.4, 0.5) is 37.8 Å². The molecule has 2 aromatic carbocycles. The molecule has 4 rings (SSSR count). The SMILES string of the molecule is CC(C)(CCc1cc(F)cc(N(CC(F)F)c2nc3nncn3c3ccc(F)cc23)c1)C(F)F. The largest absolute Gasteiger partial charge is 0.320 e. The molecule has 0 N–H and O–H groups in total. The predicted molar refractivity (Wildman–Crippen MR) is 116 cm³/mol. The molecular formula is C23H21F6N5. The molecule has 0 saturated carbocycles. The molecule has 0 radical (unpaired) electrons. The van der Waals surface area contributed by atoms with E-state index >= 15 is 0 Å². The van der Waals surface area contributed by atoms with E-state index in [0.717, 1.165) is 17.0 Å². The molecule has 0 spiro atoms. The highest BCUT2D eigenvalue weighted by Crippen LogP contribution is 2.35. The van der Waals surface area contributed by atoms with Crippen molar-refractivity contribution < 1.29 is 26.3 Å². The Labute approximate surface area is 191 Å². The maximum Gasteiger partial charge on any atom is 0.257 e. The van der Waals surface area contributed by atoms with Crippen LogP contribution in [0.1, 0.15) is 25.8 Å². The van der Waals surface area contributed by atoms with Gasteiger partial charge in [0.2, 0.25) is 6.43 Å². The lowest BCUT2D eigenvalue weighted by Crippen LogP contribution is -2.26. The quantitative estimate of drug-likeness (QED) is 0.282. The summed E-state index contributed by atoms with van der Waals surface area (Å²) >= 11 is 0. The number of aryl methyl sites for hydroxylation is 1. The van der Waals surface area contributed by atoms with Crippen molar-refractivity contribution in [2.45, 2.75) is 39.5 Å². The Bertz CT molecular complexity index is 1320. The van der Waals surface area contributed by atoms with Crippen molar-refractivity contribution in [3.8, 4) is 0 Å². The lowest BCUT2D eigenvalue weighted by atomic mass is 9.86. The molecule has 11 heteroatoms. The van der Waals surface area contributed by atoms with Gasteiger partial charge in [0.1, 0.15) is 23.8 Å². The van der Waals surface area contributed by atoms with Crippen molar-refractivity contribution in [1.29, 1.82) is 0 Å². The van der Waals surface area contributed by atoms with Gasteiger partial charge in [-0.25, -0.2) is 26.3 Å². The summed E-state index contributed by atoms with van der Waals surface area (Å²) in [6.45, 7) is 1.94. The number of aromatic nitrogens is 4. The molecule has 2 aromatic heterocycles. The second-order valence-electron chi connectivity index (χ2n) is 8.71. The van der Waals surface area contributed by atoms with E-state index in [2.05, 4.69) is 15.2 Å². The third-order valence-corrected chi connectivity index (χ3v) is 5.67. The predicted octanol–water partition coefficient (Wildman–Crippen LogP) is 6.18. The standard InChI is InChI=1S/C23H21F6N5/c1-23(2,21(28)29)6-5-13-7-15(25)9-16(8-13)33(11-19(26)27)20-17-10-14(24)3-4-18(17)34-12-30-32-22(34)31-20/h3-4,7-10,12,19,21H,5-6,11H2,1-2H3. The molecule has 0 aliphatic heterocycles. The summed E-state index contributed by atoms with van der Waals surface area (Å²) in [4.78, 5) is 5.37. The van der Waals surface area contributed by atoms with Gasteiger partial charge in [-0.2, -0.15) is 4.98 Å². The van der Waals surface area contributed by atoms with Crippen LogP contribution in [0.3, 0.4) is 0 Å². The third-order valence-electron chi connectivity index (χ3n) is 5.67. The Kier molecular flexibility index (Phi) is 6.37. The van der Waals surface area contributed by atoms with E-state index in [1.807, 2.05) is 0 Å². The van der Waals surface area contributed by atoms with E-state index in [1.54, 1.807) is 0 Å². The fraction of sp³-hybridized carbons (Fsp3) is 0.348. The van der Waals surface area contributed by atoms with Crippen LogP contribution in [0, 0.1) is 17.0 Å². The Hall–Kier alpha value is -3.37. The average Bonchev–Trinajstić information content (AvgIpc) is 3.23. The maximum atomic E-state index is 14.5. The molecule has 0 unspecified atom stereocenters. The smallest absolute Gasteiger partial charge is 0.257 e. The molecular weight excluding hydrogens is 460 g/mol. The molecule has 0 bridgehead atoms. The van der Waals surface area contributed by atoms with E-state index in [-0.39, 0.29) is 35.5 Å². The van der Waals surface area contributed by atoms with Crippen LogP contribution in [-0.2, 0) is 6.42 Å². The number of rotatable bonds is 8. The van der Waals surface area contributed by atoms with Crippen molar-refractivity contribution in [3.05, 3.63) is 59.9 Å². The van der Waals surface area contributed by atoms with Crippen molar-refractivity contribution in [2.24, 2.45) is 5.41 Å². The van der Waals surface area contributed by atoms with Gasteiger partial charge in [-0.1, -0.05) is 13.8 Å². The number of halogens is 6. The van der Waals surface area contributed by atoms with Gasteiger partial charge in [-0.15, -0.1) is 10.2 Å². The van der Waals surface area contributed by atoms with Gasteiger partial charge in [0, 0.05) is 16.5 Å². The van der Waals surface area contributed by atoms with Crippen LogP contribution in [0.2, 0.25) is 0 Å². The molecule has 0 saturated heterocycles. The topological polar surface area (TPSA) is 46.3 Å². The summed E-state index contributed by atoms with van der Waals surface area (Å²) in [5, 5.41) is 7.82. The van der Waals surface area contributed by atoms with E-state index in [9.17, 15) is 26.3 Å². The highest BCUT2D eigenvalue weighted by molar-refractivity contribution is 5.93. The van der Waals surface area contributed by atoms with Crippen molar-refractivity contribution in [2.75, 3.05) is 11.4 Å². The van der Waals surface area contributed by atoms with E-state index < -0.39 is 36.4 Å². The molecule has 5 nitrogen and oxygen atoms in total. The molecule has 0 atom stereocenters. The Morgan fingerprint density at radius 1 is 1.00 bits per heavy atom. The van der Waals surface area contributed by atoms with Crippen LogP contribution in [-0.4, -0.2) is 39.0 Å². The van der Waals surface area contributed by atoms with Crippen LogP contribution < -0.4 is 4.90 Å². The van der Waals surface area contributed by atoms with Crippen LogP contribution in [0.15, 0.2) is 42.7 Å². The van der Waals surface area contributed by atoms with E-state index in [0.29, 0.717) is 11.1 Å². The minimum Gasteiger partial charge on any atom is -0.320 e. The fourth-order valence-electron chi connectivity index (χ4n) is 3.69. The first kappa shape index (κ1) is 23.8. The minimum absolute atomic E-state index is 0.0343. The molecule has 2 heterocycles. The zero-order valence-corrected chi connectivity index (χ0v) is 18.3. The van der Waals surface area contributed by atoms with Gasteiger partial charge in [0.15, 0.2) is 0 Å². The number of nitrogens with zero attached hydrogens (tertiary/aromatic N) is 5. The number of benzene rings is 2. The highest BCUT2D eigenvalue weighted by atomic mass is 19.3. The van der Waals surface area contributed by atoms with Gasteiger partial charge in [-0.05, 0) is 54.8 Å². The van der Waals surface area contributed by atoms with Gasteiger partial charge in [0.05, 0.1) is 12.1 Å². The lowest BCUT2D eigenvalue weighted by Gasteiger charge is -2.26. The summed E-state index contributed by atoms with van der Waals surface area (Å²) in [6.07, 6.45) is -3.90. The third kappa shape index (κ3) is 4.78.